The van der Waals surface area contributed by atoms with Crippen LogP contribution in [0, 0.1) is 10.1 Å². The second kappa shape index (κ2) is 8.33. The third-order valence-electron chi connectivity index (χ3n) is 3.81. The van der Waals surface area contributed by atoms with Crippen LogP contribution < -0.4 is 5.32 Å². The summed E-state index contributed by atoms with van der Waals surface area (Å²) in [5.74, 6) is -0.174. The number of nitro benzene ring substituents is 1. The predicted molar refractivity (Wildman–Crippen MR) is 90.9 cm³/mol. The maximum Gasteiger partial charge on any atom is 0.270 e. The van der Waals surface area contributed by atoms with Crippen molar-refractivity contribution in [2.45, 2.75) is 25.5 Å². The zero-order valence-corrected chi connectivity index (χ0v) is 13.4. The standard InChI is InChI=1S/C18H20N2O4/c1-13(18(22)14-6-3-2-4-7-14)19-11-10-17(21)15-8-5-9-16(12-15)20(23)24/h2-9,12-13,18-19,22H,10-11H2,1H3/t13-,18-/m0/s1. The second-order valence-electron chi connectivity index (χ2n) is 5.58. The summed E-state index contributed by atoms with van der Waals surface area (Å²) in [5, 5.41) is 24.1. The van der Waals surface area contributed by atoms with Crippen LogP contribution in [0.4, 0.5) is 5.69 Å². The topological polar surface area (TPSA) is 92.5 Å². The van der Waals surface area contributed by atoms with E-state index in [1.165, 1.54) is 18.2 Å². The monoisotopic (exact) mass is 328 g/mol. The second-order valence-corrected chi connectivity index (χ2v) is 5.58. The molecule has 0 radical (unpaired) electrons. The Kier molecular flexibility index (Phi) is 6.17. The molecule has 0 aromatic heterocycles. The number of nitrogens with zero attached hydrogens (tertiary/aromatic N) is 1. The summed E-state index contributed by atoms with van der Waals surface area (Å²) < 4.78 is 0. The summed E-state index contributed by atoms with van der Waals surface area (Å²) in [6.07, 6.45) is -0.466. The SMILES string of the molecule is C[C@H](NCCC(=O)c1cccc([N+](=O)[O-])c1)[C@H](O)c1ccccc1. The first-order valence-electron chi connectivity index (χ1n) is 7.73. The Labute approximate surface area is 140 Å². The highest BCUT2D eigenvalue weighted by Gasteiger charge is 2.16. The van der Waals surface area contributed by atoms with E-state index < -0.39 is 11.0 Å². The lowest BCUT2D eigenvalue weighted by Gasteiger charge is -2.20. The zero-order valence-electron chi connectivity index (χ0n) is 13.4. The van der Waals surface area contributed by atoms with Gasteiger partial charge >= 0.3 is 0 Å². The Morgan fingerprint density at radius 2 is 1.92 bits per heavy atom. The van der Waals surface area contributed by atoms with Crippen LogP contribution >= 0.6 is 0 Å². The molecule has 0 aliphatic carbocycles. The number of Topliss-reactive ketones (excluding diaryl/α,β-unsaturated/α-hetero) is 1. The maximum absolute atomic E-state index is 12.1. The quantitative estimate of drug-likeness (QED) is 0.441. The van der Waals surface area contributed by atoms with E-state index in [0.717, 1.165) is 5.56 Å². The minimum absolute atomic E-state index is 0.0957. The molecule has 24 heavy (non-hydrogen) atoms. The van der Waals surface area contributed by atoms with Crippen molar-refractivity contribution < 1.29 is 14.8 Å². The molecule has 0 fully saturated rings. The van der Waals surface area contributed by atoms with Crippen molar-refractivity contribution in [1.29, 1.82) is 0 Å². The predicted octanol–water partition coefficient (Wildman–Crippen LogP) is 2.88. The number of carbonyl (C=O) groups excluding carboxylic acids is 1. The fraction of sp³-hybridized carbons (Fsp3) is 0.278. The number of aliphatic hydroxyl groups is 1. The Bertz CT molecular complexity index is 703. The lowest BCUT2D eigenvalue weighted by atomic mass is 10.0. The van der Waals surface area contributed by atoms with Crippen LogP contribution in [0.5, 0.6) is 0 Å². The van der Waals surface area contributed by atoms with Gasteiger partial charge in [0.15, 0.2) is 5.78 Å². The van der Waals surface area contributed by atoms with E-state index in [9.17, 15) is 20.0 Å². The van der Waals surface area contributed by atoms with Crippen molar-refractivity contribution in [2.75, 3.05) is 6.54 Å². The van der Waals surface area contributed by atoms with Gasteiger partial charge in [-0.1, -0.05) is 42.5 Å². The average molecular weight is 328 g/mol. The first kappa shape index (κ1) is 17.8. The fourth-order valence-electron chi connectivity index (χ4n) is 2.40. The van der Waals surface area contributed by atoms with E-state index in [2.05, 4.69) is 5.32 Å². The fourth-order valence-corrected chi connectivity index (χ4v) is 2.40. The van der Waals surface area contributed by atoms with Gasteiger partial charge in [-0.05, 0) is 12.5 Å². The first-order valence-corrected chi connectivity index (χ1v) is 7.73. The van der Waals surface area contributed by atoms with Crippen LogP contribution in [-0.2, 0) is 0 Å². The van der Waals surface area contributed by atoms with Gasteiger partial charge in [0.05, 0.1) is 11.0 Å². The molecule has 0 saturated carbocycles. The molecule has 0 aliphatic heterocycles. The first-order chi connectivity index (χ1) is 11.5. The van der Waals surface area contributed by atoms with Gasteiger partial charge in [-0.3, -0.25) is 14.9 Å². The molecular weight excluding hydrogens is 308 g/mol. The van der Waals surface area contributed by atoms with Crippen LogP contribution in [0.3, 0.4) is 0 Å². The molecule has 0 saturated heterocycles. The van der Waals surface area contributed by atoms with Crippen molar-refractivity contribution in [3.8, 4) is 0 Å². The highest BCUT2D eigenvalue weighted by atomic mass is 16.6. The van der Waals surface area contributed by atoms with Crippen molar-refractivity contribution in [2.24, 2.45) is 0 Å². The Morgan fingerprint density at radius 1 is 1.21 bits per heavy atom. The van der Waals surface area contributed by atoms with Gasteiger partial charge in [-0.15, -0.1) is 0 Å². The van der Waals surface area contributed by atoms with Crippen LogP contribution in [0.2, 0.25) is 0 Å². The number of rotatable bonds is 8. The zero-order chi connectivity index (χ0) is 17.5. The summed E-state index contributed by atoms with van der Waals surface area (Å²) in [6.45, 7) is 2.22. The molecule has 0 spiro atoms. The average Bonchev–Trinajstić information content (AvgIpc) is 2.61. The van der Waals surface area contributed by atoms with Crippen LogP contribution in [0.1, 0.15) is 35.4 Å². The number of nitrogens with one attached hydrogen (secondary N) is 1. The van der Waals surface area contributed by atoms with Gasteiger partial charge in [0.25, 0.3) is 5.69 Å². The Balaban J connectivity index is 1.86. The maximum atomic E-state index is 12.1. The Hall–Kier alpha value is -2.57. The van der Waals surface area contributed by atoms with Gasteiger partial charge in [0.1, 0.15) is 0 Å². The van der Waals surface area contributed by atoms with Gasteiger partial charge < -0.3 is 10.4 Å². The number of non-ortho nitro benzene ring substituents is 1. The summed E-state index contributed by atoms with van der Waals surface area (Å²) in [7, 11) is 0. The summed E-state index contributed by atoms with van der Waals surface area (Å²) in [6, 6.07) is 14.8. The minimum atomic E-state index is -0.667. The summed E-state index contributed by atoms with van der Waals surface area (Å²) in [5.41, 5.74) is 1.03. The van der Waals surface area contributed by atoms with Gasteiger partial charge in [-0.2, -0.15) is 0 Å². The summed E-state index contributed by atoms with van der Waals surface area (Å²) in [4.78, 5) is 22.3. The van der Waals surface area contributed by atoms with E-state index in [4.69, 9.17) is 0 Å². The molecule has 2 rings (SSSR count). The number of nitro groups is 1. The third kappa shape index (κ3) is 4.71. The van der Waals surface area contributed by atoms with E-state index in [-0.39, 0.29) is 23.9 Å². The molecule has 0 heterocycles. The van der Waals surface area contributed by atoms with Crippen LogP contribution in [-0.4, -0.2) is 28.4 Å². The highest BCUT2D eigenvalue weighted by Crippen LogP contribution is 2.17. The highest BCUT2D eigenvalue weighted by molar-refractivity contribution is 5.96. The number of hydrogen-bond donors (Lipinski definition) is 2. The smallest absolute Gasteiger partial charge is 0.270 e. The molecule has 0 aliphatic rings. The number of hydrogen-bond acceptors (Lipinski definition) is 5. The van der Waals surface area contributed by atoms with Crippen molar-refractivity contribution in [3.05, 3.63) is 75.8 Å². The molecule has 2 aromatic carbocycles. The molecular formula is C18H20N2O4. The van der Waals surface area contributed by atoms with E-state index in [1.54, 1.807) is 6.07 Å². The summed E-state index contributed by atoms with van der Waals surface area (Å²) >= 11 is 0. The Morgan fingerprint density at radius 3 is 2.58 bits per heavy atom. The molecule has 2 atom stereocenters. The number of aliphatic hydroxyl groups excluding tert-OH is 1. The molecule has 0 amide bonds. The molecule has 2 N–H and O–H groups in total. The number of carbonyl (C=O) groups is 1. The number of ketones is 1. The molecule has 6 heteroatoms. The van der Waals surface area contributed by atoms with E-state index in [0.29, 0.717) is 12.1 Å². The van der Waals surface area contributed by atoms with E-state index in [1.807, 2.05) is 37.3 Å². The largest absolute Gasteiger partial charge is 0.387 e. The van der Waals surface area contributed by atoms with Crippen LogP contribution in [0.15, 0.2) is 54.6 Å². The van der Waals surface area contributed by atoms with Crippen molar-refractivity contribution in [3.63, 3.8) is 0 Å². The molecule has 2 aromatic rings. The number of benzene rings is 2. The van der Waals surface area contributed by atoms with Gasteiger partial charge in [0, 0.05) is 36.7 Å². The lowest BCUT2D eigenvalue weighted by molar-refractivity contribution is -0.384. The van der Waals surface area contributed by atoms with Crippen LogP contribution in [0.25, 0.3) is 0 Å². The molecule has 0 unspecified atom stereocenters. The van der Waals surface area contributed by atoms with Crippen molar-refractivity contribution in [1.82, 2.24) is 5.32 Å². The normalized spacial score (nSPS) is 13.2. The van der Waals surface area contributed by atoms with Gasteiger partial charge in [0.2, 0.25) is 0 Å². The van der Waals surface area contributed by atoms with Crippen molar-refractivity contribution >= 4 is 11.5 Å². The third-order valence-corrected chi connectivity index (χ3v) is 3.81. The van der Waals surface area contributed by atoms with E-state index >= 15 is 0 Å². The van der Waals surface area contributed by atoms with Gasteiger partial charge in [-0.25, -0.2) is 0 Å². The molecule has 0 bridgehead atoms. The molecule has 126 valence electrons. The minimum Gasteiger partial charge on any atom is -0.387 e. The lowest BCUT2D eigenvalue weighted by Crippen LogP contribution is -2.33. The molecule has 6 nitrogen and oxygen atoms in total.